The molecule has 120 valence electrons. The number of carbonyl (C=O) groups excluding carboxylic acids is 2. The van der Waals surface area contributed by atoms with E-state index in [-0.39, 0.29) is 18.1 Å². The summed E-state index contributed by atoms with van der Waals surface area (Å²) in [5.41, 5.74) is 0.964. The number of benzene rings is 1. The number of hydrogen-bond donors (Lipinski definition) is 0. The molecule has 0 spiro atoms. The van der Waals surface area contributed by atoms with E-state index in [1.807, 2.05) is 32.9 Å². The van der Waals surface area contributed by atoms with E-state index in [0.717, 1.165) is 18.4 Å². The summed E-state index contributed by atoms with van der Waals surface area (Å²) in [5.74, 6) is -0.363. The first-order valence-electron chi connectivity index (χ1n) is 7.47. The molecule has 0 N–H and O–H groups in total. The van der Waals surface area contributed by atoms with E-state index < -0.39 is 5.60 Å². The lowest BCUT2D eigenvalue weighted by Gasteiger charge is -2.27. The van der Waals surface area contributed by atoms with Crippen LogP contribution in [0.25, 0.3) is 0 Å². The molecule has 5 nitrogen and oxygen atoms in total. The van der Waals surface area contributed by atoms with Gasteiger partial charge in [-0.2, -0.15) is 0 Å². The third kappa shape index (κ3) is 4.48. The third-order valence-corrected chi connectivity index (χ3v) is 3.34. The fourth-order valence-electron chi connectivity index (χ4n) is 2.11. The van der Waals surface area contributed by atoms with Crippen molar-refractivity contribution in [2.45, 2.75) is 51.8 Å². The first kappa shape index (κ1) is 16.3. The number of nitrogens with zero attached hydrogens (tertiary/aromatic N) is 1. The number of methoxy groups -OCH3 is 1. The first-order chi connectivity index (χ1) is 10.3. The zero-order chi connectivity index (χ0) is 16.3. The van der Waals surface area contributed by atoms with Gasteiger partial charge < -0.3 is 14.4 Å². The largest absolute Gasteiger partial charge is 0.465 e. The van der Waals surface area contributed by atoms with Crippen molar-refractivity contribution in [2.75, 3.05) is 7.11 Å². The predicted octanol–water partition coefficient (Wildman–Crippen LogP) is 3.37. The molecule has 1 aromatic rings. The van der Waals surface area contributed by atoms with Gasteiger partial charge in [0.15, 0.2) is 0 Å². The minimum atomic E-state index is -0.501. The molecule has 0 atom stereocenters. The Bertz CT molecular complexity index is 541. The number of esters is 1. The Kier molecular flexibility index (Phi) is 4.74. The molecule has 2 rings (SSSR count). The van der Waals surface area contributed by atoms with Gasteiger partial charge in [-0.05, 0) is 51.3 Å². The van der Waals surface area contributed by atoms with Crippen LogP contribution in [0.3, 0.4) is 0 Å². The summed E-state index contributed by atoms with van der Waals surface area (Å²) in [6.45, 7) is 6.07. The number of carbonyl (C=O) groups is 2. The molecule has 1 aliphatic carbocycles. The average molecular weight is 305 g/mol. The van der Waals surface area contributed by atoms with Crippen LogP contribution in [0.15, 0.2) is 24.3 Å². The lowest BCUT2D eigenvalue weighted by atomic mass is 10.1. The molecule has 1 fully saturated rings. The van der Waals surface area contributed by atoms with Crippen molar-refractivity contribution in [3.05, 3.63) is 35.4 Å². The summed E-state index contributed by atoms with van der Waals surface area (Å²) in [5, 5.41) is 0. The molecule has 0 radical (unpaired) electrons. The van der Waals surface area contributed by atoms with Gasteiger partial charge in [0.1, 0.15) is 5.60 Å². The Morgan fingerprint density at radius 1 is 1.18 bits per heavy atom. The predicted molar refractivity (Wildman–Crippen MR) is 82.6 cm³/mol. The second kappa shape index (κ2) is 6.38. The maximum absolute atomic E-state index is 12.3. The van der Waals surface area contributed by atoms with Crippen LogP contribution in [0, 0.1) is 0 Å². The van der Waals surface area contributed by atoms with Crippen molar-refractivity contribution in [2.24, 2.45) is 0 Å². The van der Waals surface area contributed by atoms with Crippen LogP contribution in [0.5, 0.6) is 0 Å². The molecule has 1 aromatic carbocycles. The highest BCUT2D eigenvalue weighted by Crippen LogP contribution is 2.30. The van der Waals surface area contributed by atoms with Crippen LogP contribution in [-0.4, -0.2) is 35.7 Å². The minimum Gasteiger partial charge on any atom is -0.465 e. The highest BCUT2D eigenvalue weighted by molar-refractivity contribution is 5.89. The summed E-state index contributed by atoms with van der Waals surface area (Å²) in [6, 6.07) is 7.36. The van der Waals surface area contributed by atoms with Gasteiger partial charge >= 0.3 is 12.1 Å². The van der Waals surface area contributed by atoms with Crippen molar-refractivity contribution in [1.82, 2.24) is 4.90 Å². The summed E-state index contributed by atoms with van der Waals surface area (Å²) < 4.78 is 10.1. The lowest BCUT2D eigenvalue weighted by Crippen LogP contribution is -2.37. The van der Waals surface area contributed by atoms with Gasteiger partial charge in [-0.25, -0.2) is 9.59 Å². The van der Waals surface area contributed by atoms with Crippen LogP contribution < -0.4 is 0 Å². The van der Waals surface area contributed by atoms with Crippen molar-refractivity contribution < 1.29 is 19.1 Å². The van der Waals surface area contributed by atoms with E-state index in [1.54, 1.807) is 17.0 Å². The molecule has 0 heterocycles. The van der Waals surface area contributed by atoms with E-state index in [2.05, 4.69) is 4.74 Å². The molecule has 22 heavy (non-hydrogen) atoms. The van der Waals surface area contributed by atoms with Gasteiger partial charge in [0, 0.05) is 12.6 Å². The van der Waals surface area contributed by atoms with Gasteiger partial charge in [0.25, 0.3) is 0 Å². The van der Waals surface area contributed by atoms with Crippen LogP contribution >= 0.6 is 0 Å². The van der Waals surface area contributed by atoms with Crippen molar-refractivity contribution in [3.8, 4) is 0 Å². The Balaban J connectivity index is 2.05. The summed E-state index contributed by atoms with van der Waals surface area (Å²) in [6.07, 6.45) is 1.74. The van der Waals surface area contributed by atoms with Crippen molar-refractivity contribution in [1.29, 1.82) is 0 Å². The summed E-state index contributed by atoms with van der Waals surface area (Å²) in [7, 11) is 1.35. The van der Waals surface area contributed by atoms with Crippen LogP contribution in [-0.2, 0) is 16.0 Å². The fraction of sp³-hybridized carbons (Fsp3) is 0.529. The molecule has 0 saturated heterocycles. The molecule has 1 saturated carbocycles. The van der Waals surface area contributed by atoms with E-state index in [0.29, 0.717) is 12.1 Å². The number of hydrogen-bond acceptors (Lipinski definition) is 4. The second-order valence-corrected chi connectivity index (χ2v) is 6.53. The Morgan fingerprint density at radius 3 is 2.23 bits per heavy atom. The molecule has 1 amide bonds. The minimum absolute atomic E-state index is 0.259. The van der Waals surface area contributed by atoms with Gasteiger partial charge in [0.05, 0.1) is 12.7 Å². The summed E-state index contributed by atoms with van der Waals surface area (Å²) in [4.78, 5) is 25.5. The maximum Gasteiger partial charge on any atom is 0.410 e. The topological polar surface area (TPSA) is 55.8 Å². The van der Waals surface area contributed by atoms with E-state index >= 15 is 0 Å². The van der Waals surface area contributed by atoms with Gasteiger partial charge in [-0.1, -0.05) is 12.1 Å². The highest BCUT2D eigenvalue weighted by atomic mass is 16.6. The monoisotopic (exact) mass is 305 g/mol. The van der Waals surface area contributed by atoms with Crippen molar-refractivity contribution in [3.63, 3.8) is 0 Å². The SMILES string of the molecule is COC(=O)c1ccc(CN(C(=O)OC(C)(C)C)C2CC2)cc1. The van der Waals surface area contributed by atoms with E-state index in [1.165, 1.54) is 7.11 Å². The van der Waals surface area contributed by atoms with E-state index in [4.69, 9.17) is 4.74 Å². The Labute approximate surface area is 131 Å². The first-order valence-corrected chi connectivity index (χ1v) is 7.47. The number of rotatable bonds is 4. The molecular formula is C17H23NO4. The molecule has 0 bridgehead atoms. The molecule has 0 aliphatic heterocycles. The number of ether oxygens (including phenoxy) is 2. The molecular weight excluding hydrogens is 282 g/mol. The molecule has 0 unspecified atom stereocenters. The fourth-order valence-corrected chi connectivity index (χ4v) is 2.11. The Morgan fingerprint density at radius 2 is 1.77 bits per heavy atom. The molecule has 1 aliphatic rings. The lowest BCUT2D eigenvalue weighted by molar-refractivity contribution is 0.0216. The van der Waals surface area contributed by atoms with Gasteiger partial charge in [-0.15, -0.1) is 0 Å². The smallest absolute Gasteiger partial charge is 0.410 e. The van der Waals surface area contributed by atoms with Crippen molar-refractivity contribution >= 4 is 12.1 Å². The second-order valence-electron chi connectivity index (χ2n) is 6.53. The summed E-state index contributed by atoms with van der Waals surface area (Å²) >= 11 is 0. The van der Waals surface area contributed by atoms with E-state index in [9.17, 15) is 9.59 Å². The normalized spacial score (nSPS) is 14.4. The average Bonchev–Trinajstić information content (AvgIpc) is 3.27. The quantitative estimate of drug-likeness (QED) is 0.800. The van der Waals surface area contributed by atoms with Crippen LogP contribution in [0.1, 0.15) is 49.5 Å². The zero-order valence-electron chi connectivity index (χ0n) is 13.6. The Hall–Kier alpha value is -2.04. The van der Waals surface area contributed by atoms with Gasteiger partial charge in [-0.3, -0.25) is 0 Å². The standard InChI is InChI=1S/C17H23NO4/c1-17(2,3)22-16(20)18(14-9-10-14)11-12-5-7-13(8-6-12)15(19)21-4/h5-8,14H,9-11H2,1-4H3. The zero-order valence-corrected chi connectivity index (χ0v) is 13.6. The van der Waals surface area contributed by atoms with Crippen LogP contribution in [0.2, 0.25) is 0 Å². The molecule has 0 aromatic heterocycles. The van der Waals surface area contributed by atoms with Crippen LogP contribution in [0.4, 0.5) is 4.79 Å². The highest BCUT2D eigenvalue weighted by Gasteiger charge is 2.35. The third-order valence-electron chi connectivity index (χ3n) is 3.34. The van der Waals surface area contributed by atoms with Gasteiger partial charge in [0.2, 0.25) is 0 Å². The molecule has 5 heteroatoms. The number of amides is 1. The maximum atomic E-state index is 12.3.